The number of nitrogens with one attached hydrogen (secondary N) is 1. The molecule has 1 amide bonds. The third-order valence-corrected chi connectivity index (χ3v) is 3.18. The average molecular weight is 398 g/mol. The summed E-state index contributed by atoms with van der Waals surface area (Å²) in [5.41, 5.74) is -4.57. The van der Waals surface area contributed by atoms with Gasteiger partial charge in [0.1, 0.15) is 5.60 Å². The maximum Gasteiger partial charge on any atom is 0.409 e. The summed E-state index contributed by atoms with van der Waals surface area (Å²) in [4.78, 5) is 47.8. The van der Waals surface area contributed by atoms with Gasteiger partial charge in [0, 0.05) is 6.07 Å². The second-order valence-electron chi connectivity index (χ2n) is 6.13. The molecule has 0 saturated heterocycles. The number of carbonyl (C=O) groups excluding carboxylic acids is 3. The fraction of sp³-hybridized carbons (Fsp3) is 0.500. The van der Waals surface area contributed by atoms with Gasteiger partial charge in [-0.1, -0.05) is 26.0 Å². The van der Waals surface area contributed by atoms with Crippen molar-refractivity contribution in [3.8, 4) is 0 Å². The highest BCUT2D eigenvalue weighted by Crippen LogP contribution is 2.33. The van der Waals surface area contributed by atoms with Crippen molar-refractivity contribution < 1.29 is 33.5 Å². The lowest BCUT2D eigenvalue weighted by Gasteiger charge is -2.30. The van der Waals surface area contributed by atoms with Gasteiger partial charge in [-0.15, -0.1) is 0 Å². The van der Waals surface area contributed by atoms with E-state index < -0.39 is 45.3 Å². The summed E-state index contributed by atoms with van der Waals surface area (Å²) in [5.74, 6) is -2.55. The second kappa shape index (κ2) is 10.2. The van der Waals surface area contributed by atoms with E-state index in [4.69, 9.17) is 4.74 Å². The largest absolute Gasteiger partial charge is 0.467 e. The van der Waals surface area contributed by atoms with Crippen LogP contribution in [-0.2, 0) is 29.3 Å². The fourth-order valence-electron chi connectivity index (χ4n) is 2.19. The molecule has 1 aromatic rings. The number of carbonyl (C=O) groups is 3. The molecular weight excluding hydrogens is 372 g/mol. The standard InChI is InChI=1S/C16H20N2O8.C2H6/c1-15(2,3)26-14(21)17-16(12(19)24-4,13(20)25-5)10-8-6-7-9-11(10)18(22)23;1-2/h6-9H,1-5H3,(H,17,21);1-2H3. The minimum absolute atomic E-state index is 0.422. The number of rotatable bonds is 5. The molecule has 0 unspecified atom stereocenters. The van der Waals surface area contributed by atoms with Gasteiger partial charge in [-0.05, 0) is 26.8 Å². The lowest BCUT2D eigenvalue weighted by molar-refractivity contribution is -0.386. The SMILES string of the molecule is CC.COC(=O)C(NC(=O)OC(C)(C)C)(C(=O)OC)c1ccccc1[N+](=O)[O-]. The maximum absolute atomic E-state index is 12.5. The van der Waals surface area contributed by atoms with Crippen LogP contribution in [0.4, 0.5) is 10.5 Å². The van der Waals surface area contributed by atoms with Gasteiger partial charge in [0.2, 0.25) is 0 Å². The molecule has 1 aromatic carbocycles. The Labute approximate surface area is 163 Å². The first-order valence-corrected chi connectivity index (χ1v) is 8.41. The van der Waals surface area contributed by atoms with Crippen LogP contribution in [-0.4, -0.2) is 42.8 Å². The molecule has 28 heavy (non-hydrogen) atoms. The Kier molecular flexibility index (Phi) is 9.08. The van der Waals surface area contributed by atoms with Crippen LogP contribution in [0, 0.1) is 10.1 Å². The number of methoxy groups -OCH3 is 2. The van der Waals surface area contributed by atoms with Crippen LogP contribution in [0.15, 0.2) is 24.3 Å². The monoisotopic (exact) mass is 398 g/mol. The molecule has 10 heteroatoms. The van der Waals surface area contributed by atoms with Gasteiger partial charge in [0.15, 0.2) is 0 Å². The first-order chi connectivity index (χ1) is 13.0. The molecule has 0 aliphatic rings. The Morgan fingerprint density at radius 1 is 1.00 bits per heavy atom. The first kappa shape index (κ1) is 24.8. The Morgan fingerprint density at radius 2 is 1.46 bits per heavy atom. The van der Waals surface area contributed by atoms with Crippen LogP contribution >= 0.6 is 0 Å². The van der Waals surface area contributed by atoms with E-state index in [1.165, 1.54) is 12.1 Å². The molecule has 0 fully saturated rings. The molecule has 0 saturated carbocycles. The van der Waals surface area contributed by atoms with Crippen molar-refractivity contribution in [1.29, 1.82) is 0 Å². The van der Waals surface area contributed by atoms with Crippen molar-refractivity contribution in [2.24, 2.45) is 0 Å². The van der Waals surface area contributed by atoms with Crippen LogP contribution < -0.4 is 5.32 Å². The van der Waals surface area contributed by atoms with Crippen molar-refractivity contribution in [2.45, 2.75) is 45.8 Å². The zero-order chi connectivity index (χ0) is 22.1. The Morgan fingerprint density at radius 3 is 1.86 bits per heavy atom. The molecule has 0 aliphatic carbocycles. The highest BCUT2D eigenvalue weighted by atomic mass is 16.6. The van der Waals surface area contributed by atoms with Crippen LogP contribution in [0.1, 0.15) is 40.2 Å². The summed E-state index contributed by atoms with van der Waals surface area (Å²) in [7, 11) is 1.93. The van der Waals surface area contributed by atoms with Gasteiger partial charge in [-0.25, -0.2) is 14.4 Å². The van der Waals surface area contributed by atoms with Crippen LogP contribution in [0.3, 0.4) is 0 Å². The van der Waals surface area contributed by atoms with E-state index in [9.17, 15) is 24.5 Å². The predicted molar refractivity (Wildman–Crippen MR) is 99.5 cm³/mol. The minimum Gasteiger partial charge on any atom is -0.467 e. The van der Waals surface area contributed by atoms with Gasteiger partial charge in [-0.3, -0.25) is 15.4 Å². The molecule has 156 valence electrons. The van der Waals surface area contributed by atoms with Crippen molar-refractivity contribution in [3.05, 3.63) is 39.9 Å². The van der Waals surface area contributed by atoms with Gasteiger partial charge < -0.3 is 14.2 Å². The van der Waals surface area contributed by atoms with E-state index in [0.717, 1.165) is 26.4 Å². The Balaban J connectivity index is 0.00000352. The molecule has 0 radical (unpaired) electrons. The number of hydrogen-bond donors (Lipinski definition) is 1. The molecule has 0 spiro atoms. The van der Waals surface area contributed by atoms with Gasteiger partial charge in [0.25, 0.3) is 11.2 Å². The molecular formula is C18H26N2O8. The quantitative estimate of drug-likeness (QED) is 0.263. The number of para-hydroxylation sites is 1. The van der Waals surface area contributed by atoms with Gasteiger partial charge in [0.05, 0.1) is 24.7 Å². The van der Waals surface area contributed by atoms with Crippen molar-refractivity contribution in [2.75, 3.05) is 14.2 Å². The fourth-order valence-corrected chi connectivity index (χ4v) is 2.19. The van der Waals surface area contributed by atoms with Crippen molar-refractivity contribution in [1.82, 2.24) is 5.32 Å². The molecule has 0 heterocycles. The third-order valence-electron chi connectivity index (χ3n) is 3.18. The van der Waals surface area contributed by atoms with E-state index in [1.807, 2.05) is 13.8 Å². The summed E-state index contributed by atoms with van der Waals surface area (Å²) in [6.45, 7) is 8.69. The van der Waals surface area contributed by atoms with E-state index in [0.29, 0.717) is 0 Å². The number of ether oxygens (including phenoxy) is 3. The van der Waals surface area contributed by atoms with Crippen LogP contribution in [0.2, 0.25) is 0 Å². The highest BCUT2D eigenvalue weighted by Gasteiger charge is 2.55. The zero-order valence-electron chi connectivity index (χ0n) is 17.0. The number of amides is 1. The Bertz CT molecular complexity index is 709. The van der Waals surface area contributed by atoms with E-state index >= 15 is 0 Å². The lowest BCUT2D eigenvalue weighted by Crippen LogP contribution is -2.59. The summed E-state index contributed by atoms with van der Waals surface area (Å²) >= 11 is 0. The van der Waals surface area contributed by atoms with Gasteiger partial charge in [-0.2, -0.15) is 0 Å². The predicted octanol–water partition coefficient (Wildman–Crippen LogP) is 2.69. The van der Waals surface area contributed by atoms with Crippen molar-refractivity contribution >= 4 is 23.7 Å². The molecule has 10 nitrogen and oxygen atoms in total. The maximum atomic E-state index is 12.5. The summed E-state index contributed by atoms with van der Waals surface area (Å²) < 4.78 is 14.3. The highest BCUT2D eigenvalue weighted by molar-refractivity contribution is 6.08. The van der Waals surface area contributed by atoms with E-state index in [2.05, 4.69) is 14.8 Å². The van der Waals surface area contributed by atoms with Crippen LogP contribution in [0.5, 0.6) is 0 Å². The number of nitrogens with zero attached hydrogens (tertiary/aromatic N) is 1. The minimum atomic E-state index is -2.62. The topological polar surface area (TPSA) is 134 Å². The number of esters is 2. The molecule has 1 rings (SSSR count). The van der Waals surface area contributed by atoms with E-state index in [-0.39, 0.29) is 0 Å². The molecule has 0 aliphatic heterocycles. The smallest absolute Gasteiger partial charge is 0.409 e. The number of benzene rings is 1. The summed E-state index contributed by atoms with van der Waals surface area (Å²) in [6.07, 6.45) is -1.16. The average Bonchev–Trinajstić information content (AvgIpc) is 2.64. The Hall–Kier alpha value is -3.17. The molecule has 0 atom stereocenters. The zero-order valence-corrected chi connectivity index (χ0v) is 17.0. The third kappa shape index (κ3) is 5.66. The summed E-state index contributed by atoms with van der Waals surface area (Å²) in [5, 5.41) is 13.4. The summed E-state index contributed by atoms with van der Waals surface area (Å²) in [6, 6.07) is 4.92. The number of alkyl carbamates (subject to hydrolysis) is 1. The number of nitro groups is 1. The normalized spacial score (nSPS) is 10.7. The van der Waals surface area contributed by atoms with Crippen LogP contribution in [0.25, 0.3) is 0 Å². The number of nitro benzene ring substituents is 1. The lowest BCUT2D eigenvalue weighted by atomic mass is 9.88. The van der Waals surface area contributed by atoms with Gasteiger partial charge >= 0.3 is 18.0 Å². The molecule has 0 bridgehead atoms. The van der Waals surface area contributed by atoms with Crippen molar-refractivity contribution in [3.63, 3.8) is 0 Å². The second-order valence-corrected chi connectivity index (χ2v) is 6.13. The van der Waals surface area contributed by atoms with E-state index in [1.54, 1.807) is 20.8 Å². The first-order valence-electron chi connectivity index (χ1n) is 8.41. The molecule has 1 N–H and O–H groups in total. The molecule has 0 aromatic heterocycles. The number of hydrogen-bond acceptors (Lipinski definition) is 8.